The van der Waals surface area contributed by atoms with Crippen molar-refractivity contribution in [3.63, 3.8) is 0 Å². The number of esters is 5. The lowest BCUT2D eigenvalue weighted by Crippen LogP contribution is -2.47. The first-order chi connectivity index (χ1) is 29.7. The first-order valence-electron chi connectivity index (χ1n) is 19.1. The van der Waals surface area contributed by atoms with Crippen molar-refractivity contribution in [1.29, 1.82) is 0 Å². The van der Waals surface area contributed by atoms with Gasteiger partial charge in [-0.1, -0.05) is 43.0 Å². The van der Waals surface area contributed by atoms with Crippen LogP contribution in [0.25, 0.3) is 0 Å². The third-order valence-electron chi connectivity index (χ3n) is 8.63. The highest BCUT2D eigenvalue weighted by atomic mass is 16.6. The Balaban J connectivity index is 0.000000466. The molecule has 0 heterocycles. The van der Waals surface area contributed by atoms with Crippen molar-refractivity contribution in [3.05, 3.63) is 114 Å². The van der Waals surface area contributed by atoms with Crippen molar-refractivity contribution in [1.82, 2.24) is 10.6 Å². The first-order valence-corrected chi connectivity index (χ1v) is 19.1. The Hall–Kier alpha value is -6.92. The van der Waals surface area contributed by atoms with Gasteiger partial charge in [-0.15, -0.1) is 0 Å². The van der Waals surface area contributed by atoms with Gasteiger partial charge in [0.1, 0.15) is 17.9 Å². The molecular formula is C44H60N6O12. The molecule has 0 amide bonds. The fraction of sp³-hybridized carbons (Fsp3) is 0.364. The number of nitrogens with one attached hydrogen (secondary N) is 2. The fourth-order valence-corrected chi connectivity index (χ4v) is 5.06. The molecule has 0 radical (unpaired) electrons. The molecule has 0 bridgehead atoms. The normalized spacial score (nSPS) is 11.2. The second-order valence-corrected chi connectivity index (χ2v) is 12.8. The number of hydrogen-bond donors (Lipinski definition) is 5. The average Bonchev–Trinajstić information content (AvgIpc) is 3.29. The number of methoxy groups -OCH3 is 7. The molecule has 0 spiro atoms. The Labute approximate surface area is 362 Å². The van der Waals surface area contributed by atoms with E-state index in [4.69, 9.17) is 26.7 Å². The highest BCUT2D eigenvalue weighted by Gasteiger charge is 2.37. The number of hydrogen-bond acceptors (Lipinski definition) is 18. The molecule has 2 atom stereocenters. The molecule has 0 aliphatic carbocycles. The molecule has 3 rings (SSSR count). The molecular weight excluding hydrogens is 805 g/mol. The van der Waals surface area contributed by atoms with Crippen molar-refractivity contribution < 1.29 is 57.1 Å². The summed E-state index contributed by atoms with van der Waals surface area (Å²) < 4.78 is 33.1. The van der Waals surface area contributed by atoms with E-state index in [2.05, 4.69) is 45.9 Å². The lowest BCUT2D eigenvalue weighted by Gasteiger charge is -2.23. The van der Waals surface area contributed by atoms with E-state index in [1.54, 1.807) is 0 Å². The van der Waals surface area contributed by atoms with Crippen LogP contribution in [0, 0.1) is 11.8 Å². The number of carbonyl (C=O) groups is 5. The monoisotopic (exact) mass is 864 g/mol. The van der Waals surface area contributed by atoms with Gasteiger partial charge in [-0.25, -0.2) is 9.59 Å². The molecule has 2 unspecified atom stereocenters. The molecule has 18 heteroatoms. The highest BCUT2D eigenvalue weighted by Crippen LogP contribution is 2.13. The van der Waals surface area contributed by atoms with E-state index in [1.807, 2.05) is 72.8 Å². The maximum absolute atomic E-state index is 11.7. The van der Waals surface area contributed by atoms with E-state index >= 15 is 0 Å². The molecule has 0 aromatic heterocycles. The quantitative estimate of drug-likeness (QED) is 0.00985. The summed E-state index contributed by atoms with van der Waals surface area (Å²) >= 11 is 0. The van der Waals surface area contributed by atoms with Crippen LogP contribution >= 0.6 is 0 Å². The van der Waals surface area contributed by atoms with Gasteiger partial charge in [-0.05, 0) is 72.4 Å². The van der Waals surface area contributed by atoms with E-state index in [-0.39, 0.29) is 5.57 Å². The number of nitrogen functional groups attached to an aromatic ring is 3. The van der Waals surface area contributed by atoms with Crippen LogP contribution in [0.15, 0.2) is 102 Å². The van der Waals surface area contributed by atoms with Crippen LogP contribution in [0.2, 0.25) is 0 Å². The Bertz CT molecular complexity index is 1850. The minimum atomic E-state index is -1.17. The Morgan fingerprint density at radius 3 is 1.40 bits per heavy atom. The first kappa shape index (κ1) is 53.1. The molecule has 18 nitrogen and oxygen atoms in total. The molecule has 0 saturated heterocycles. The molecule has 338 valence electrons. The summed E-state index contributed by atoms with van der Waals surface area (Å²) in [4.78, 5) is 62.0. The number of anilines is 3. The molecule has 0 aliphatic rings. The SMILES string of the molecule is C=C(OC)C(C=NCCc1ccc(N)cc1)C(=O)OC.COC(=O)C(=CNCCc1ccc(N)cc1)C(=O)OC.COC(=O)C(C(=O)OC)C(NCCc1ccc(N)cc1)OC. The maximum Gasteiger partial charge on any atom is 0.346 e. The minimum Gasteiger partial charge on any atom is -0.500 e. The van der Waals surface area contributed by atoms with Crippen molar-refractivity contribution in [3.8, 4) is 0 Å². The third-order valence-corrected chi connectivity index (χ3v) is 8.63. The summed E-state index contributed by atoms with van der Waals surface area (Å²) in [6.07, 6.45) is 4.17. The molecule has 0 saturated carbocycles. The number of aliphatic imine (C=N–C) groups is 1. The zero-order valence-corrected chi connectivity index (χ0v) is 36.3. The number of nitrogens with two attached hydrogens (primary N) is 3. The van der Waals surface area contributed by atoms with E-state index in [0.29, 0.717) is 43.2 Å². The van der Waals surface area contributed by atoms with E-state index in [0.717, 1.165) is 35.2 Å². The van der Waals surface area contributed by atoms with Crippen molar-refractivity contribution in [2.75, 3.05) is 86.6 Å². The van der Waals surface area contributed by atoms with Crippen LogP contribution in [-0.4, -0.2) is 112 Å². The number of nitrogens with zero attached hydrogens (tertiary/aromatic N) is 1. The zero-order valence-electron chi connectivity index (χ0n) is 36.3. The lowest BCUT2D eigenvalue weighted by molar-refractivity contribution is -0.166. The average molecular weight is 865 g/mol. The van der Waals surface area contributed by atoms with Gasteiger partial charge in [0, 0.05) is 56.2 Å². The van der Waals surface area contributed by atoms with Gasteiger partial charge in [0.25, 0.3) is 0 Å². The Morgan fingerprint density at radius 1 is 0.597 bits per heavy atom. The number of ether oxygens (including phenoxy) is 7. The van der Waals surface area contributed by atoms with Crippen molar-refractivity contribution >= 4 is 53.1 Å². The molecule has 8 N–H and O–H groups in total. The standard InChI is InChI=1S/C15H22N2O5.C15H20N2O3.C14H18N2O4/c1-20-13(12(14(18)21-2)15(19)22-3)17-9-8-10-4-6-11(16)7-5-10;1-11(19-2)14(15(18)20-3)10-17-9-8-12-4-6-13(16)7-5-12;1-19-13(17)12(14(18)20-2)9-16-8-7-10-3-5-11(15)6-4-10/h4-7,12-13,17H,8-9,16H2,1-3H3;4-7,10,14H,1,8-9,16H2,2-3H3;3-6,9,16H,7-8,15H2,1-2H3. The number of rotatable bonds is 21. The summed E-state index contributed by atoms with van der Waals surface area (Å²) in [5, 5.41) is 5.89. The van der Waals surface area contributed by atoms with Crippen LogP contribution < -0.4 is 27.8 Å². The van der Waals surface area contributed by atoms with E-state index < -0.39 is 47.9 Å². The van der Waals surface area contributed by atoms with E-state index in [1.165, 1.54) is 62.2 Å². The molecule has 3 aromatic carbocycles. The Kier molecular flexibility index (Phi) is 25.8. The summed E-state index contributed by atoms with van der Waals surface area (Å²) in [7, 11) is 9.00. The molecule has 3 aromatic rings. The number of carbonyl (C=O) groups excluding carboxylic acids is 5. The van der Waals surface area contributed by atoms with Gasteiger partial charge < -0.3 is 55.7 Å². The predicted molar refractivity (Wildman–Crippen MR) is 235 cm³/mol. The summed E-state index contributed by atoms with van der Waals surface area (Å²) in [6.45, 7) is 5.29. The number of benzene rings is 3. The van der Waals surface area contributed by atoms with Gasteiger partial charge in [0.15, 0.2) is 11.5 Å². The van der Waals surface area contributed by atoms with Crippen LogP contribution in [-0.2, 0) is 76.4 Å². The summed E-state index contributed by atoms with van der Waals surface area (Å²) in [6, 6.07) is 22.5. The Morgan fingerprint density at radius 2 is 1.02 bits per heavy atom. The fourth-order valence-electron chi connectivity index (χ4n) is 5.06. The van der Waals surface area contributed by atoms with Gasteiger partial charge in [0.05, 0.1) is 42.7 Å². The van der Waals surface area contributed by atoms with Gasteiger partial charge in [0.2, 0.25) is 0 Å². The van der Waals surface area contributed by atoms with Crippen molar-refractivity contribution in [2.24, 2.45) is 16.8 Å². The van der Waals surface area contributed by atoms with Crippen LogP contribution in [0.5, 0.6) is 0 Å². The predicted octanol–water partition coefficient (Wildman–Crippen LogP) is 2.80. The van der Waals surface area contributed by atoms with Crippen LogP contribution in [0.1, 0.15) is 16.7 Å². The minimum absolute atomic E-state index is 0.174. The lowest BCUT2D eigenvalue weighted by atomic mass is 10.1. The second kappa shape index (κ2) is 30.2. The van der Waals surface area contributed by atoms with Gasteiger partial charge in [-0.2, -0.15) is 0 Å². The maximum atomic E-state index is 11.7. The summed E-state index contributed by atoms with van der Waals surface area (Å²) in [5.41, 5.74) is 22.1. The third kappa shape index (κ3) is 19.9. The van der Waals surface area contributed by atoms with E-state index in [9.17, 15) is 24.0 Å². The largest absolute Gasteiger partial charge is 0.500 e. The summed E-state index contributed by atoms with van der Waals surface area (Å²) in [5.74, 6) is -4.87. The van der Waals surface area contributed by atoms with Crippen molar-refractivity contribution in [2.45, 2.75) is 25.5 Å². The van der Waals surface area contributed by atoms with Gasteiger partial charge in [-0.3, -0.25) is 24.7 Å². The molecule has 62 heavy (non-hydrogen) atoms. The molecule has 0 fully saturated rings. The van der Waals surface area contributed by atoms with Crippen LogP contribution in [0.4, 0.5) is 17.1 Å². The topological polar surface area (TPSA) is 264 Å². The molecule has 0 aliphatic heterocycles. The second-order valence-electron chi connectivity index (χ2n) is 12.8. The smallest absolute Gasteiger partial charge is 0.346 e. The van der Waals surface area contributed by atoms with Crippen LogP contribution in [0.3, 0.4) is 0 Å². The van der Waals surface area contributed by atoms with Gasteiger partial charge >= 0.3 is 29.8 Å². The zero-order chi connectivity index (χ0) is 46.5. The highest BCUT2D eigenvalue weighted by molar-refractivity contribution is 6.13.